The normalized spacial score (nSPS) is 13.2. The summed E-state index contributed by atoms with van der Waals surface area (Å²) in [6, 6.07) is 5.33. The zero-order valence-electron chi connectivity index (χ0n) is 9.06. The van der Waals surface area contributed by atoms with E-state index in [1.807, 2.05) is 0 Å². The van der Waals surface area contributed by atoms with Crippen LogP contribution in [0.1, 0.15) is 18.6 Å². The molecular formula is C11H12F2O4. The molecule has 1 unspecified atom stereocenters. The second-order valence-corrected chi connectivity index (χ2v) is 3.34. The first-order chi connectivity index (χ1) is 7.89. The molecule has 0 bridgehead atoms. The van der Waals surface area contributed by atoms with Crippen molar-refractivity contribution in [2.75, 3.05) is 6.61 Å². The highest BCUT2D eigenvalue weighted by Gasteiger charge is 2.47. The van der Waals surface area contributed by atoms with Gasteiger partial charge in [-0.05, 0) is 24.6 Å². The highest BCUT2D eigenvalue weighted by Crippen LogP contribution is 2.32. The fourth-order valence-corrected chi connectivity index (χ4v) is 1.27. The van der Waals surface area contributed by atoms with E-state index >= 15 is 0 Å². The summed E-state index contributed by atoms with van der Waals surface area (Å²) in [7, 11) is 0. The van der Waals surface area contributed by atoms with E-state index in [1.165, 1.54) is 24.3 Å². The maximum atomic E-state index is 13.1. The van der Waals surface area contributed by atoms with Crippen LogP contribution in [0.5, 0.6) is 5.75 Å². The highest BCUT2D eigenvalue weighted by molar-refractivity contribution is 5.76. The van der Waals surface area contributed by atoms with Crippen molar-refractivity contribution in [2.45, 2.75) is 19.0 Å². The Kier molecular flexibility index (Phi) is 4.01. The first-order valence-corrected chi connectivity index (χ1v) is 4.91. The number of carboxylic acid groups (broad SMARTS) is 1. The maximum Gasteiger partial charge on any atom is 0.377 e. The Hall–Kier alpha value is -1.69. The monoisotopic (exact) mass is 246 g/mol. The molecular weight excluding hydrogens is 234 g/mol. The van der Waals surface area contributed by atoms with Gasteiger partial charge in [-0.2, -0.15) is 8.78 Å². The van der Waals surface area contributed by atoms with Gasteiger partial charge in [0.05, 0.1) is 6.61 Å². The maximum absolute atomic E-state index is 13.1. The van der Waals surface area contributed by atoms with Gasteiger partial charge in [0, 0.05) is 0 Å². The van der Waals surface area contributed by atoms with Crippen molar-refractivity contribution in [3.8, 4) is 5.75 Å². The molecule has 0 saturated carbocycles. The Morgan fingerprint density at radius 1 is 1.53 bits per heavy atom. The molecule has 1 rings (SSSR count). The fraction of sp³-hybridized carbons (Fsp3) is 0.364. The van der Waals surface area contributed by atoms with Crippen molar-refractivity contribution in [1.82, 2.24) is 0 Å². The summed E-state index contributed by atoms with van der Waals surface area (Å²) < 4.78 is 31.2. The van der Waals surface area contributed by atoms with E-state index in [-0.39, 0.29) is 5.56 Å². The van der Waals surface area contributed by atoms with Crippen molar-refractivity contribution in [3.63, 3.8) is 0 Å². The van der Waals surface area contributed by atoms with E-state index in [0.717, 1.165) is 0 Å². The molecule has 4 nitrogen and oxygen atoms in total. The zero-order chi connectivity index (χ0) is 13.1. The van der Waals surface area contributed by atoms with Gasteiger partial charge in [0.1, 0.15) is 5.75 Å². The molecule has 17 heavy (non-hydrogen) atoms. The first kappa shape index (κ1) is 13.4. The van der Waals surface area contributed by atoms with Crippen LogP contribution in [-0.2, 0) is 4.79 Å². The summed E-state index contributed by atoms with van der Waals surface area (Å²) in [5.41, 5.74) is -0.205. The van der Waals surface area contributed by atoms with Gasteiger partial charge < -0.3 is 14.9 Å². The number of aliphatic carboxylic acids is 1. The number of carboxylic acids is 1. The van der Waals surface area contributed by atoms with Gasteiger partial charge in [-0.15, -0.1) is 0 Å². The summed E-state index contributed by atoms with van der Waals surface area (Å²) in [5.74, 6) is -6.30. The molecule has 1 aromatic rings. The molecule has 0 fully saturated rings. The third kappa shape index (κ3) is 2.91. The van der Waals surface area contributed by atoms with E-state index in [0.29, 0.717) is 12.4 Å². The van der Waals surface area contributed by atoms with Gasteiger partial charge in [-0.1, -0.05) is 12.1 Å². The Bertz CT molecular complexity index is 406. The lowest BCUT2D eigenvalue weighted by molar-refractivity contribution is -0.182. The topological polar surface area (TPSA) is 66.8 Å². The first-order valence-electron chi connectivity index (χ1n) is 4.91. The van der Waals surface area contributed by atoms with Crippen molar-refractivity contribution in [2.24, 2.45) is 0 Å². The molecule has 0 radical (unpaired) electrons. The largest absolute Gasteiger partial charge is 0.494 e. The molecule has 0 heterocycles. The third-order valence-corrected chi connectivity index (χ3v) is 2.11. The van der Waals surface area contributed by atoms with Crippen molar-refractivity contribution in [1.29, 1.82) is 0 Å². The van der Waals surface area contributed by atoms with Gasteiger partial charge in [-0.25, -0.2) is 4.79 Å². The molecule has 0 aliphatic carbocycles. The molecule has 1 aromatic carbocycles. The van der Waals surface area contributed by atoms with Crippen LogP contribution >= 0.6 is 0 Å². The molecule has 2 N–H and O–H groups in total. The molecule has 94 valence electrons. The van der Waals surface area contributed by atoms with Crippen LogP contribution in [0.3, 0.4) is 0 Å². The summed E-state index contributed by atoms with van der Waals surface area (Å²) in [4.78, 5) is 10.3. The lowest BCUT2D eigenvalue weighted by Gasteiger charge is -2.19. The van der Waals surface area contributed by atoms with E-state index < -0.39 is 18.0 Å². The molecule has 0 aromatic heterocycles. The Morgan fingerprint density at radius 2 is 2.18 bits per heavy atom. The average molecular weight is 246 g/mol. The van der Waals surface area contributed by atoms with Gasteiger partial charge in [0.2, 0.25) is 0 Å². The van der Waals surface area contributed by atoms with E-state index in [4.69, 9.17) is 9.84 Å². The summed E-state index contributed by atoms with van der Waals surface area (Å²) >= 11 is 0. The summed E-state index contributed by atoms with van der Waals surface area (Å²) in [6.07, 6.45) is -2.40. The summed E-state index contributed by atoms with van der Waals surface area (Å²) in [5, 5.41) is 17.6. The Morgan fingerprint density at radius 3 is 2.71 bits per heavy atom. The number of ether oxygens (including phenoxy) is 1. The van der Waals surface area contributed by atoms with Gasteiger partial charge in [0.15, 0.2) is 6.10 Å². The van der Waals surface area contributed by atoms with E-state index in [9.17, 15) is 18.7 Å². The van der Waals surface area contributed by atoms with Crippen LogP contribution in [0.2, 0.25) is 0 Å². The zero-order valence-corrected chi connectivity index (χ0v) is 9.06. The number of alkyl halides is 2. The van der Waals surface area contributed by atoms with Crippen LogP contribution in [0, 0.1) is 0 Å². The number of aliphatic hydroxyl groups is 1. The minimum Gasteiger partial charge on any atom is -0.494 e. The molecule has 6 heteroatoms. The minimum atomic E-state index is -4.23. The van der Waals surface area contributed by atoms with Crippen LogP contribution in [0.4, 0.5) is 8.78 Å². The predicted molar refractivity (Wildman–Crippen MR) is 55.2 cm³/mol. The van der Waals surface area contributed by atoms with Crippen molar-refractivity contribution < 1.29 is 28.5 Å². The Labute approximate surface area is 96.5 Å². The van der Waals surface area contributed by atoms with Crippen LogP contribution in [0.15, 0.2) is 24.3 Å². The standard InChI is InChI=1S/C11H12F2O4/c1-2-17-8-5-3-4-7(6-8)9(14)11(12,13)10(15)16/h3-6,9,14H,2H2,1H3,(H,15,16). The lowest BCUT2D eigenvalue weighted by Crippen LogP contribution is -2.35. The lowest BCUT2D eigenvalue weighted by atomic mass is 10.0. The number of aliphatic hydroxyl groups excluding tert-OH is 1. The number of hydrogen-bond donors (Lipinski definition) is 2. The molecule has 0 spiro atoms. The number of rotatable bonds is 5. The van der Waals surface area contributed by atoms with Crippen molar-refractivity contribution >= 4 is 5.97 Å². The quantitative estimate of drug-likeness (QED) is 0.831. The number of halogens is 2. The SMILES string of the molecule is CCOc1cccc(C(O)C(F)(F)C(=O)O)c1. The average Bonchev–Trinajstić information content (AvgIpc) is 2.28. The van der Waals surface area contributed by atoms with Crippen LogP contribution < -0.4 is 4.74 Å². The van der Waals surface area contributed by atoms with E-state index in [1.54, 1.807) is 6.92 Å². The molecule has 0 aliphatic heterocycles. The molecule has 0 amide bonds. The van der Waals surface area contributed by atoms with Crippen LogP contribution in [0.25, 0.3) is 0 Å². The minimum absolute atomic E-state index is 0.205. The van der Waals surface area contributed by atoms with Gasteiger partial charge in [-0.3, -0.25) is 0 Å². The van der Waals surface area contributed by atoms with Crippen molar-refractivity contribution in [3.05, 3.63) is 29.8 Å². The number of carbonyl (C=O) groups is 1. The van der Waals surface area contributed by atoms with Gasteiger partial charge in [0.25, 0.3) is 0 Å². The number of benzene rings is 1. The molecule has 0 saturated heterocycles. The highest BCUT2D eigenvalue weighted by atomic mass is 19.3. The smallest absolute Gasteiger partial charge is 0.377 e. The number of hydrogen-bond acceptors (Lipinski definition) is 3. The fourth-order valence-electron chi connectivity index (χ4n) is 1.27. The second kappa shape index (κ2) is 5.09. The van der Waals surface area contributed by atoms with E-state index in [2.05, 4.69) is 0 Å². The Balaban J connectivity index is 2.99. The van der Waals surface area contributed by atoms with Gasteiger partial charge >= 0.3 is 11.9 Å². The van der Waals surface area contributed by atoms with Crippen LogP contribution in [-0.4, -0.2) is 28.7 Å². The summed E-state index contributed by atoms with van der Waals surface area (Å²) in [6.45, 7) is 2.06. The predicted octanol–water partition coefficient (Wildman–Crippen LogP) is 1.84. The molecule has 0 aliphatic rings. The third-order valence-electron chi connectivity index (χ3n) is 2.11. The molecule has 1 atom stereocenters. The second-order valence-electron chi connectivity index (χ2n) is 3.34.